The van der Waals surface area contributed by atoms with Gasteiger partial charge in [-0.05, 0) is 46.0 Å². The van der Waals surface area contributed by atoms with Gasteiger partial charge in [-0.2, -0.15) is 0 Å². The Kier molecular flexibility index (Phi) is 3.91. The highest BCUT2D eigenvalue weighted by molar-refractivity contribution is 5.91. The Morgan fingerprint density at radius 3 is 2.45 bits per heavy atom. The SMILES string of the molecule is O=c1[nH][nH]c2c1C(c1ccc([N+](=O)[O-])cc1)CC(c1ccc3ccccc3c1)=C2. The third-order valence-electron chi connectivity index (χ3n) is 5.56. The first-order valence-corrected chi connectivity index (χ1v) is 9.35. The van der Waals surface area contributed by atoms with Crippen LogP contribution in [0.1, 0.15) is 34.7 Å². The molecule has 0 bridgehead atoms. The molecule has 1 heterocycles. The average Bonchev–Trinajstić information content (AvgIpc) is 3.13. The van der Waals surface area contributed by atoms with E-state index in [1.165, 1.54) is 17.5 Å². The molecular weight excluding hydrogens is 366 g/mol. The van der Waals surface area contributed by atoms with Gasteiger partial charge in [-0.25, -0.2) is 0 Å². The van der Waals surface area contributed by atoms with Gasteiger partial charge in [0.15, 0.2) is 0 Å². The first-order valence-electron chi connectivity index (χ1n) is 9.35. The number of hydrogen-bond donors (Lipinski definition) is 2. The minimum absolute atomic E-state index is 0.0399. The summed E-state index contributed by atoms with van der Waals surface area (Å²) in [5.41, 5.74) is 4.41. The molecule has 0 saturated carbocycles. The molecule has 6 heteroatoms. The van der Waals surface area contributed by atoms with E-state index in [-0.39, 0.29) is 17.2 Å². The Morgan fingerprint density at radius 1 is 0.931 bits per heavy atom. The number of aromatic amines is 2. The summed E-state index contributed by atoms with van der Waals surface area (Å²) in [6.45, 7) is 0. The molecule has 0 saturated heterocycles. The summed E-state index contributed by atoms with van der Waals surface area (Å²) in [4.78, 5) is 23.0. The summed E-state index contributed by atoms with van der Waals surface area (Å²) in [6, 6.07) is 21.0. The largest absolute Gasteiger partial charge is 0.298 e. The van der Waals surface area contributed by atoms with Crippen molar-refractivity contribution in [3.8, 4) is 0 Å². The summed E-state index contributed by atoms with van der Waals surface area (Å²) < 4.78 is 0. The molecule has 1 aromatic heterocycles. The molecule has 29 heavy (non-hydrogen) atoms. The minimum atomic E-state index is -0.417. The number of hydrogen-bond acceptors (Lipinski definition) is 3. The number of non-ortho nitro benzene ring substituents is 1. The van der Waals surface area contributed by atoms with Crippen LogP contribution in [0.25, 0.3) is 22.4 Å². The van der Waals surface area contributed by atoms with Gasteiger partial charge in [-0.15, -0.1) is 0 Å². The molecule has 1 atom stereocenters. The molecule has 1 unspecified atom stereocenters. The molecule has 5 rings (SSSR count). The summed E-state index contributed by atoms with van der Waals surface area (Å²) in [5, 5.41) is 19.0. The van der Waals surface area contributed by atoms with E-state index in [0.29, 0.717) is 12.0 Å². The number of nitro benzene ring substituents is 1. The maximum Gasteiger partial charge on any atom is 0.269 e. The van der Waals surface area contributed by atoms with E-state index in [1.807, 2.05) is 18.2 Å². The third-order valence-corrected chi connectivity index (χ3v) is 5.56. The lowest BCUT2D eigenvalue weighted by Gasteiger charge is -2.23. The van der Waals surface area contributed by atoms with E-state index in [4.69, 9.17) is 0 Å². The first kappa shape index (κ1) is 17.2. The molecule has 3 aromatic carbocycles. The maximum atomic E-state index is 12.4. The number of aromatic nitrogens is 2. The monoisotopic (exact) mass is 383 g/mol. The van der Waals surface area contributed by atoms with Gasteiger partial charge in [-0.3, -0.25) is 25.1 Å². The minimum Gasteiger partial charge on any atom is -0.298 e. The van der Waals surface area contributed by atoms with Crippen LogP contribution < -0.4 is 5.56 Å². The number of H-pyrrole nitrogens is 2. The van der Waals surface area contributed by atoms with Crippen LogP contribution in [0.2, 0.25) is 0 Å². The van der Waals surface area contributed by atoms with Crippen molar-refractivity contribution in [2.24, 2.45) is 0 Å². The zero-order valence-corrected chi connectivity index (χ0v) is 15.4. The van der Waals surface area contributed by atoms with E-state index in [1.54, 1.807) is 12.1 Å². The second-order valence-electron chi connectivity index (χ2n) is 7.24. The van der Waals surface area contributed by atoms with Crippen molar-refractivity contribution in [2.75, 3.05) is 0 Å². The molecular formula is C23H17N3O3. The van der Waals surface area contributed by atoms with Crippen molar-refractivity contribution in [3.05, 3.63) is 110 Å². The molecule has 0 aliphatic heterocycles. The number of nitrogens with one attached hydrogen (secondary N) is 2. The molecule has 0 radical (unpaired) electrons. The van der Waals surface area contributed by atoms with Gasteiger partial charge in [0.25, 0.3) is 11.2 Å². The lowest BCUT2D eigenvalue weighted by molar-refractivity contribution is -0.384. The van der Waals surface area contributed by atoms with Crippen molar-refractivity contribution in [2.45, 2.75) is 12.3 Å². The van der Waals surface area contributed by atoms with Gasteiger partial charge < -0.3 is 0 Å². The molecule has 6 nitrogen and oxygen atoms in total. The standard InChI is InChI=1S/C23H17N3O3/c27-23-22-20(15-7-9-19(10-8-15)26(28)29)12-18(13-21(22)24-25-23)17-6-5-14-3-1-2-4-16(14)11-17/h1-11,13,20H,12H2,(H2,24,25,27). The molecule has 0 amide bonds. The number of rotatable bonds is 3. The fourth-order valence-electron chi connectivity index (χ4n) is 4.10. The van der Waals surface area contributed by atoms with Crippen molar-refractivity contribution in [1.82, 2.24) is 10.2 Å². The van der Waals surface area contributed by atoms with Crippen LogP contribution in [0.3, 0.4) is 0 Å². The lowest BCUT2D eigenvalue weighted by atomic mass is 9.79. The molecule has 1 aliphatic rings. The lowest BCUT2D eigenvalue weighted by Crippen LogP contribution is -2.16. The Morgan fingerprint density at radius 2 is 1.69 bits per heavy atom. The van der Waals surface area contributed by atoms with Gasteiger partial charge in [0.2, 0.25) is 0 Å². The quantitative estimate of drug-likeness (QED) is 0.392. The molecule has 4 aromatic rings. The number of nitrogens with zero attached hydrogens (tertiary/aromatic N) is 1. The van der Waals surface area contributed by atoms with E-state index >= 15 is 0 Å². The van der Waals surface area contributed by atoms with Crippen LogP contribution in [0.15, 0.2) is 71.5 Å². The number of allylic oxidation sites excluding steroid dienone is 1. The van der Waals surface area contributed by atoms with Crippen LogP contribution >= 0.6 is 0 Å². The zero-order chi connectivity index (χ0) is 20.0. The van der Waals surface area contributed by atoms with E-state index in [2.05, 4.69) is 40.5 Å². The van der Waals surface area contributed by atoms with E-state index < -0.39 is 4.92 Å². The van der Waals surface area contributed by atoms with Crippen LogP contribution in [0.4, 0.5) is 5.69 Å². The number of fused-ring (bicyclic) bond motifs is 2. The topological polar surface area (TPSA) is 91.8 Å². The van der Waals surface area contributed by atoms with Crippen molar-refractivity contribution >= 4 is 28.1 Å². The summed E-state index contributed by atoms with van der Waals surface area (Å²) in [7, 11) is 0. The summed E-state index contributed by atoms with van der Waals surface area (Å²) in [5.74, 6) is -0.174. The highest BCUT2D eigenvalue weighted by Gasteiger charge is 2.28. The van der Waals surface area contributed by atoms with Crippen LogP contribution in [0.5, 0.6) is 0 Å². The van der Waals surface area contributed by atoms with Gasteiger partial charge in [0.1, 0.15) is 0 Å². The van der Waals surface area contributed by atoms with E-state index in [0.717, 1.165) is 27.8 Å². The Hall–Kier alpha value is -3.93. The van der Waals surface area contributed by atoms with Gasteiger partial charge >= 0.3 is 0 Å². The van der Waals surface area contributed by atoms with Gasteiger partial charge in [0, 0.05) is 18.1 Å². The highest BCUT2D eigenvalue weighted by Crippen LogP contribution is 2.40. The Bertz CT molecular complexity index is 1330. The van der Waals surface area contributed by atoms with Gasteiger partial charge in [-0.1, -0.05) is 48.5 Å². The number of nitro groups is 1. The fraction of sp³-hybridized carbons (Fsp3) is 0.0870. The van der Waals surface area contributed by atoms with Gasteiger partial charge in [0.05, 0.1) is 16.2 Å². The second-order valence-corrected chi connectivity index (χ2v) is 7.24. The van der Waals surface area contributed by atoms with Crippen molar-refractivity contribution < 1.29 is 4.92 Å². The zero-order valence-electron chi connectivity index (χ0n) is 15.4. The van der Waals surface area contributed by atoms with Crippen LogP contribution in [-0.4, -0.2) is 15.1 Å². The average molecular weight is 383 g/mol. The molecule has 0 spiro atoms. The second kappa shape index (κ2) is 6.60. The van der Waals surface area contributed by atoms with Crippen LogP contribution in [-0.2, 0) is 0 Å². The van der Waals surface area contributed by atoms with Crippen molar-refractivity contribution in [1.29, 1.82) is 0 Å². The van der Waals surface area contributed by atoms with Crippen molar-refractivity contribution in [3.63, 3.8) is 0 Å². The predicted octanol–water partition coefficient (Wildman–Crippen LogP) is 4.84. The molecule has 1 aliphatic carbocycles. The smallest absolute Gasteiger partial charge is 0.269 e. The first-order chi connectivity index (χ1) is 14.1. The third kappa shape index (κ3) is 2.95. The fourth-order valence-corrected chi connectivity index (χ4v) is 4.10. The Labute approximate surface area is 165 Å². The molecule has 2 N–H and O–H groups in total. The highest BCUT2D eigenvalue weighted by atomic mass is 16.6. The molecule has 0 fully saturated rings. The maximum absolute atomic E-state index is 12.4. The predicted molar refractivity (Wildman–Crippen MR) is 113 cm³/mol. The number of benzene rings is 3. The van der Waals surface area contributed by atoms with E-state index in [9.17, 15) is 14.9 Å². The molecule has 142 valence electrons. The Balaban J connectivity index is 1.60. The summed E-state index contributed by atoms with van der Waals surface area (Å²) in [6.07, 6.45) is 2.66. The normalized spacial score (nSPS) is 15.7. The summed E-state index contributed by atoms with van der Waals surface area (Å²) >= 11 is 0. The van der Waals surface area contributed by atoms with Crippen LogP contribution in [0, 0.1) is 10.1 Å².